The zero-order valence-corrected chi connectivity index (χ0v) is 9.29. The minimum atomic E-state index is -0.359. The van der Waals surface area contributed by atoms with E-state index >= 15 is 0 Å². The van der Waals surface area contributed by atoms with Crippen LogP contribution in [0.5, 0.6) is 0 Å². The minimum absolute atomic E-state index is 0.290. The van der Waals surface area contributed by atoms with Crippen molar-refractivity contribution in [3.8, 4) is 0 Å². The first-order valence-corrected chi connectivity index (χ1v) is 5.17. The number of nitrogens with one attached hydrogen (secondary N) is 1. The summed E-state index contributed by atoms with van der Waals surface area (Å²) in [5, 5.41) is 3.31. The Balaban J connectivity index is 2.95. The highest BCUT2D eigenvalue weighted by Gasteiger charge is 2.27. The fraction of sp³-hybridized carbons (Fsp3) is 0.417. The van der Waals surface area contributed by atoms with E-state index in [2.05, 4.69) is 5.32 Å². The molecule has 0 spiro atoms. The lowest BCUT2D eigenvalue weighted by atomic mass is 9.88. The summed E-state index contributed by atoms with van der Waals surface area (Å²) in [7, 11) is 0. The van der Waals surface area contributed by atoms with Crippen LogP contribution in [-0.4, -0.2) is 12.5 Å². The summed E-state index contributed by atoms with van der Waals surface area (Å²) in [5.41, 5.74) is 6.00. The molecule has 1 rings (SSSR count). The molecule has 82 valence electrons. The van der Waals surface area contributed by atoms with Gasteiger partial charge in [-0.25, -0.2) is 0 Å². The van der Waals surface area contributed by atoms with E-state index in [9.17, 15) is 4.79 Å². The Bertz CT molecular complexity index is 324. The van der Waals surface area contributed by atoms with Gasteiger partial charge >= 0.3 is 0 Å². The summed E-state index contributed by atoms with van der Waals surface area (Å²) in [6, 6.07) is 9.90. The Morgan fingerprint density at radius 1 is 1.40 bits per heavy atom. The van der Waals surface area contributed by atoms with E-state index in [4.69, 9.17) is 5.73 Å². The van der Waals surface area contributed by atoms with Crippen molar-refractivity contribution in [1.29, 1.82) is 0 Å². The van der Waals surface area contributed by atoms with Crippen molar-refractivity contribution in [2.45, 2.75) is 25.8 Å². The highest BCUT2D eigenvalue weighted by Crippen LogP contribution is 2.23. The van der Waals surface area contributed by atoms with E-state index in [1.165, 1.54) is 0 Å². The quantitative estimate of drug-likeness (QED) is 0.765. The second-order valence-corrected chi connectivity index (χ2v) is 3.87. The molecule has 0 heterocycles. The van der Waals surface area contributed by atoms with Gasteiger partial charge in [0.05, 0.1) is 0 Å². The molecule has 0 radical (unpaired) electrons. The molecule has 1 aromatic rings. The number of amides is 1. The van der Waals surface area contributed by atoms with Crippen molar-refractivity contribution in [3.05, 3.63) is 35.9 Å². The highest BCUT2D eigenvalue weighted by atomic mass is 16.1. The second-order valence-electron chi connectivity index (χ2n) is 3.87. The molecule has 0 fully saturated rings. The fourth-order valence-electron chi connectivity index (χ4n) is 1.81. The molecule has 0 bridgehead atoms. The van der Waals surface area contributed by atoms with Gasteiger partial charge in [-0.3, -0.25) is 4.79 Å². The van der Waals surface area contributed by atoms with E-state index in [1.54, 1.807) is 0 Å². The van der Waals surface area contributed by atoms with Gasteiger partial charge in [-0.2, -0.15) is 0 Å². The lowest BCUT2D eigenvalue weighted by molar-refractivity contribution is -0.119. The van der Waals surface area contributed by atoms with Crippen LogP contribution in [0.15, 0.2) is 30.3 Å². The molecule has 0 aliphatic heterocycles. The van der Waals surface area contributed by atoms with Crippen molar-refractivity contribution in [1.82, 2.24) is 5.32 Å². The minimum Gasteiger partial charge on any atom is -0.370 e. The van der Waals surface area contributed by atoms with Crippen LogP contribution in [-0.2, 0) is 10.3 Å². The van der Waals surface area contributed by atoms with Crippen LogP contribution in [0.2, 0.25) is 0 Å². The molecule has 1 amide bonds. The van der Waals surface area contributed by atoms with Crippen molar-refractivity contribution >= 4 is 5.91 Å². The monoisotopic (exact) mass is 206 g/mol. The van der Waals surface area contributed by atoms with Crippen molar-refractivity contribution in [3.63, 3.8) is 0 Å². The SMILES string of the molecule is CCNC(C)(CC(N)=O)c1ccccc1. The number of carbonyl (C=O) groups is 1. The topological polar surface area (TPSA) is 55.1 Å². The summed E-state index contributed by atoms with van der Waals surface area (Å²) in [6.45, 7) is 4.82. The van der Waals surface area contributed by atoms with Crippen LogP contribution in [0.3, 0.4) is 0 Å². The fourth-order valence-corrected chi connectivity index (χ4v) is 1.81. The van der Waals surface area contributed by atoms with Crippen LogP contribution in [0.4, 0.5) is 0 Å². The largest absolute Gasteiger partial charge is 0.370 e. The summed E-state index contributed by atoms with van der Waals surface area (Å²) in [5.74, 6) is -0.290. The van der Waals surface area contributed by atoms with E-state index in [1.807, 2.05) is 44.2 Å². The Labute approximate surface area is 90.7 Å². The molecule has 0 aromatic heterocycles. The molecule has 0 saturated carbocycles. The van der Waals surface area contributed by atoms with Gasteiger partial charge in [0.25, 0.3) is 0 Å². The van der Waals surface area contributed by atoms with Crippen LogP contribution in [0, 0.1) is 0 Å². The number of primary amides is 1. The van der Waals surface area contributed by atoms with Gasteiger partial charge in [0, 0.05) is 12.0 Å². The number of rotatable bonds is 5. The molecule has 1 unspecified atom stereocenters. The van der Waals surface area contributed by atoms with E-state index in [-0.39, 0.29) is 11.4 Å². The average Bonchev–Trinajstić information content (AvgIpc) is 2.18. The number of hydrogen-bond donors (Lipinski definition) is 2. The molecule has 3 nitrogen and oxygen atoms in total. The molecular weight excluding hydrogens is 188 g/mol. The van der Waals surface area contributed by atoms with Gasteiger partial charge in [-0.1, -0.05) is 37.3 Å². The Kier molecular flexibility index (Phi) is 3.86. The van der Waals surface area contributed by atoms with Crippen LogP contribution < -0.4 is 11.1 Å². The second kappa shape index (κ2) is 4.94. The van der Waals surface area contributed by atoms with Gasteiger partial charge < -0.3 is 11.1 Å². The molecule has 15 heavy (non-hydrogen) atoms. The van der Waals surface area contributed by atoms with Gasteiger partial charge in [0.1, 0.15) is 0 Å². The summed E-state index contributed by atoms with van der Waals surface area (Å²) < 4.78 is 0. The van der Waals surface area contributed by atoms with Gasteiger partial charge in [-0.05, 0) is 19.0 Å². The van der Waals surface area contributed by atoms with Crippen molar-refractivity contribution in [2.75, 3.05) is 6.54 Å². The predicted octanol–water partition coefficient (Wildman–Crippen LogP) is 1.39. The van der Waals surface area contributed by atoms with Crippen molar-refractivity contribution in [2.24, 2.45) is 5.73 Å². The maximum Gasteiger partial charge on any atom is 0.219 e. The third-order valence-corrected chi connectivity index (χ3v) is 2.51. The summed E-state index contributed by atoms with van der Waals surface area (Å²) in [6.07, 6.45) is 0.310. The first kappa shape index (κ1) is 11.7. The molecule has 1 aromatic carbocycles. The first-order valence-electron chi connectivity index (χ1n) is 5.17. The van der Waals surface area contributed by atoms with Gasteiger partial charge in [0.2, 0.25) is 5.91 Å². The van der Waals surface area contributed by atoms with Gasteiger partial charge in [0.15, 0.2) is 0 Å². The number of carbonyl (C=O) groups excluding carboxylic acids is 1. The van der Waals surface area contributed by atoms with Crippen molar-refractivity contribution < 1.29 is 4.79 Å². The van der Waals surface area contributed by atoms with E-state index in [0.717, 1.165) is 12.1 Å². The average molecular weight is 206 g/mol. The molecular formula is C12H18N2O. The molecule has 1 atom stereocenters. The van der Waals surface area contributed by atoms with Gasteiger partial charge in [-0.15, -0.1) is 0 Å². The number of hydrogen-bond acceptors (Lipinski definition) is 2. The van der Waals surface area contributed by atoms with Crippen LogP contribution >= 0.6 is 0 Å². The molecule has 0 saturated heterocycles. The lowest BCUT2D eigenvalue weighted by Crippen LogP contribution is -2.42. The number of nitrogens with two attached hydrogens (primary N) is 1. The normalized spacial score (nSPS) is 14.5. The molecule has 3 N–H and O–H groups in total. The third-order valence-electron chi connectivity index (χ3n) is 2.51. The zero-order chi connectivity index (χ0) is 11.3. The van der Waals surface area contributed by atoms with E-state index in [0.29, 0.717) is 6.42 Å². The molecule has 0 aliphatic carbocycles. The Morgan fingerprint density at radius 3 is 2.47 bits per heavy atom. The Morgan fingerprint density at radius 2 is 2.00 bits per heavy atom. The Hall–Kier alpha value is -1.35. The number of benzene rings is 1. The molecule has 3 heteroatoms. The smallest absolute Gasteiger partial charge is 0.219 e. The highest BCUT2D eigenvalue weighted by molar-refractivity contribution is 5.75. The maximum absolute atomic E-state index is 11.0. The zero-order valence-electron chi connectivity index (χ0n) is 9.29. The summed E-state index contributed by atoms with van der Waals surface area (Å²) in [4.78, 5) is 11.0. The van der Waals surface area contributed by atoms with E-state index < -0.39 is 0 Å². The first-order chi connectivity index (χ1) is 7.08. The summed E-state index contributed by atoms with van der Waals surface area (Å²) >= 11 is 0. The predicted molar refractivity (Wildman–Crippen MR) is 61.3 cm³/mol. The van der Waals surface area contributed by atoms with Crippen LogP contribution in [0.25, 0.3) is 0 Å². The standard InChI is InChI=1S/C12H18N2O/c1-3-14-12(2,9-11(13)15)10-7-5-4-6-8-10/h4-8,14H,3,9H2,1-2H3,(H2,13,15). The molecule has 0 aliphatic rings. The maximum atomic E-state index is 11.0. The third kappa shape index (κ3) is 3.06. The van der Waals surface area contributed by atoms with Crippen LogP contribution in [0.1, 0.15) is 25.8 Å². The lowest BCUT2D eigenvalue weighted by Gasteiger charge is -2.30.